The van der Waals surface area contributed by atoms with E-state index in [-0.39, 0.29) is 17.8 Å². The lowest BCUT2D eigenvalue weighted by molar-refractivity contribution is -0.136. The van der Waals surface area contributed by atoms with Gasteiger partial charge in [0, 0.05) is 6.42 Å². The van der Waals surface area contributed by atoms with E-state index in [1.165, 1.54) is 0 Å². The highest BCUT2D eigenvalue weighted by molar-refractivity contribution is 6.04. The average Bonchev–Trinajstić information content (AvgIpc) is 2.96. The molecule has 28 heavy (non-hydrogen) atoms. The number of hydrogen-bond donors (Lipinski definition) is 0. The van der Waals surface area contributed by atoms with Crippen molar-refractivity contribution >= 4 is 11.4 Å². The minimum Gasteiger partial charge on any atom is -0.497 e. The third-order valence-corrected chi connectivity index (χ3v) is 5.90. The molecule has 4 rings (SSSR count). The van der Waals surface area contributed by atoms with Gasteiger partial charge in [-0.2, -0.15) is 0 Å². The van der Waals surface area contributed by atoms with E-state index < -0.39 is 5.41 Å². The van der Waals surface area contributed by atoms with Crippen molar-refractivity contribution in [2.75, 3.05) is 14.2 Å². The molecule has 0 radical (unpaired) electrons. The minimum absolute atomic E-state index is 0.00878. The van der Waals surface area contributed by atoms with Crippen molar-refractivity contribution in [1.29, 1.82) is 0 Å². The molecule has 0 saturated heterocycles. The maximum atomic E-state index is 13.1. The summed E-state index contributed by atoms with van der Waals surface area (Å²) in [7, 11) is 3.31. The van der Waals surface area contributed by atoms with Crippen LogP contribution in [0.3, 0.4) is 0 Å². The van der Waals surface area contributed by atoms with Gasteiger partial charge in [0.05, 0.1) is 20.3 Å². The number of rotatable bonds is 6. The van der Waals surface area contributed by atoms with Crippen molar-refractivity contribution < 1.29 is 19.0 Å². The molecule has 0 aliphatic heterocycles. The van der Waals surface area contributed by atoms with E-state index >= 15 is 0 Å². The summed E-state index contributed by atoms with van der Waals surface area (Å²) < 4.78 is 16.9. The van der Waals surface area contributed by atoms with Gasteiger partial charge in [0.2, 0.25) is 0 Å². The number of carbonyl (C=O) groups is 1. The van der Waals surface area contributed by atoms with Crippen LogP contribution in [0.5, 0.6) is 11.5 Å². The lowest BCUT2D eigenvalue weighted by Crippen LogP contribution is -2.53. The summed E-state index contributed by atoms with van der Waals surface area (Å²) in [5.41, 5.74) is 2.54. The van der Waals surface area contributed by atoms with Gasteiger partial charge in [-0.05, 0) is 67.2 Å². The molecule has 2 aliphatic rings. The molecule has 0 spiro atoms. The van der Waals surface area contributed by atoms with Crippen molar-refractivity contribution in [1.82, 2.24) is 0 Å². The summed E-state index contributed by atoms with van der Waals surface area (Å²) in [5.74, 6) is 2.89. The number of benzene rings is 2. The fourth-order valence-electron chi connectivity index (χ4n) is 4.57. The van der Waals surface area contributed by atoms with Crippen molar-refractivity contribution in [3.8, 4) is 11.5 Å². The molecule has 0 amide bonds. The summed E-state index contributed by atoms with van der Waals surface area (Å²) in [6, 6.07) is 15.9. The Balaban J connectivity index is 1.86. The number of allylic oxidation sites excluding steroid dienone is 2. The third kappa shape index (κ3) is 2.70. The van der Waals surface area contributed by atoms with Gasteiger partial charge in [-0.15, -0.1) is 0 Å². The SMILES string of the molecule is COc1ccc(C2=C(OC(C)C)[C@]3(c4ccc(OC)cc4)C(=O)C[C@@H]3C2)cc1. The Bertz CT molecular complexity index is 909. The first-order valence-corrected chi connectivity index (χ1v) is 9.73. The molecule has 1 saturated carbocycles. The lowest BCUT2D eigenvalue weighted by atomic mass is 9.57. The molecular weight excluding hydrogens is 352 g/mol. The summed E-state index contributed by atoms with van der Waals surface area (Å²) in [5, 5.41) is 0. The highest BCUT2D eigenvalue weighted by atomic mass is 16.5. The smallest absolute Gasteiger partial charge is 0.151 e. The normalized spacial score (nSPS) is 23.5. The van der Waals surface area contributed by atoms with Crippen LogP contribution >= 0.6 is 0 Å². The molecule has 2 aromatic carbocycles. The average molecular weight is 378 g/mol. The Hall–Kier alpha value is -2.75. The van der Waals surface area contributed by atoms with Crippen LogP contribution in [0.4, 0.5) is 0 Å². The summed E-state index contributed by atoms with van der Waals surface area (Å²) >= 11 is 0. The van der Waals surface area contributed by atoms with E-state index in [0.717, 1.165) is 40.4 Å². The van der Waals surface area contributed by atoms with E-state index in [1.54, 1.807) is 14.2 Å². The molecule has 0 aromatic heterocycles. The van der Waals surface area contributed by atoms with Crippen molar-refractivity contribution in [3.63, 3.8) is 0 Å². The predicted octanol–water partition coefficient (Wildman–Crippen LogP) is 4.77. The molecule has 0 N–H and O–H groups in total. The number of fused-ring (bicyclic) bond motifs is 1. The number of methoxy groups -OCH3 is 2. The van der Waals surface area contributed by atoms with E-state index in [2.05, 4.69) is 12.1 Å². The predicted molar refractivity (Wildman–Crippen MR) is 109 cm³/mol. The number of hydrogen-bond acceptors (Lipinski definition) is 4. The quantitative estimate of drug-likeness (QED) is 0.726. The Labute approximate surface area is 166 Å². The Morgan fingerprint density at radius 3 is 1.96 bits per heavy atom. The molecule has 4 nitrogen and oxygen atoms in total. The second kappa shape index (κ2) is 7.01. The second-order valence-corrected chi connectivity index (χ2v) is 7.77. The Morgan fingerprint density at radius 2 is 1.46 bits per heavy atom. The molecule has 1 fully saturated rings. The zero-order valence-electron chi connectivity index (χ0n) is 16.8. The Morgan fingerprint density at radius 1 is 0.893 bits per heavy atom. The molecule has 4 heteroatoms. The third-order valence-electron chi connectivity index (χ3n) is 5.90. The molecule has 146 valence electrons. The van der Waals surface area contributed by atoms with Gasteiger partial charge in [0.25, 0.3) is 0 Å². The van der Waals surface area contributed by atoms with Gasteiger partial charge in [0.1, 0.15) is 22.7 Å². The zero-order chi connectivity index (χ0) is 19.9. The molecule has 2 aliphatic carbocycles. The van der Waals surface area contributed by atoms with E-state index in [0.29, 0.717) is 6.42 Å². The van der Waals surface area contributed by atoms with E-state index in [1.807, 2.05) is 50.2 Å². The van der Waals surface area contributed by atoms with Crippen LogP contribution in [0.1, 0.15) is 37.8 Å². The number of Topliss-reactive ketones (excluding diaryl/α,β-unsaturated/α-hetero) is 1. The van der Waals surface area contributed by atoms with Crippen molar-refractivity contribution in [3.05, 3.63) is 65.4 Å². The molecule has 0 bridgehead atoms. The Kier molecular flexibility index (Phi) is 4.66. The molecular formula is C24H26O4. The topological polar surface area (TPSA) is 44.8 Å². The maximum Gasteiger partial charge on any atom is 0.151 e. The van der Waals surface area contributed by atoms with Gasteiger partial charge in [0.15, 0.2) is 5.78 Å². The number of ether oxygens (including phenoxy) is 3. The van der Waals surface area contributed by atoms with Gasteiger partial charge >= 0.3 is 0 Å². The molecule has 0 heterocycles. The van der Waals surface area contributed by atoms with Crippen LogP contribution in [0.25, 0.3) is 5.57 Å². The first-order valence-electron chi connectivity index (χ1n) is 9.73. The molecule has 0 unspecified atom stereocenters. The minimum atomic E-state index is -0.675. The maximum absolute atomic E-state index is 13.1. The van der Waals surface area contributed by atoms with Crippen molar-refractivity contribution in [2.45, 2.75) is 38.2 Å². The van der Waals surface area contributed by atoms with Crippen LogP contribution in [0.15, 0.2) is 54.3 Å². The van der Waals surface area contributed by atoms with Crippen LogP contribution in [-0.2, 0) is 14.9 Å². The number of ketones is 1. The van der Waals surface area contributed by atoms with Gasteiger partial charge in [-0.25, -0.2) is 0 Å². The standard InChI is InChI=1S/C24H26O4/c1-15(2)28-23-21(16-5-9-19(26-3)10-6-16)13-18-14-22(25)24(18,23)17-7-11-20(27-4)12-8-17/h5-12,15,18H,13-14H2,1-4H3/t18-,24-/m0/s1. The van der Waals surface area contributed by atoms with Gasteiger partial charge in [-0.1, -0.05) is 24.3 Å². The monoisotopic (exact) mass is 378 g/mol. The first kappa shape index (κ1) is 18.6. The lowest BCUT2D eigenvalue weighted by Gasteiger charge is -2.45. The highest BCUT2D eigenvalue weighted by Crippen LogP contribution is 2.61. The van der Waals surface area contributed by atoms with Crippen LogP contribution in [-0.4, -0.2) is 26.1 Å². The fraction of sp³-hybridized carbons (Fsp3) is 0.375. The van der Waals surface area contributed by atoms with Gasteiger partial charge < -0.3 is 14.2 Å². The van der Waals surface area contributed by atoms with Crippen LogP contribution in [0, 0.1) is 5.92 Å². The van der Waals surface area contributed by atoms with Crippen LogP contribution < -0.4 is 9.47 Å². The summed E-state index contributed by atoms with van der Waals surface area (Å²) in [6.07, 6.45) is 1.42. The summed E-state index contributed by atoms with van der Waals surface area (Å²) in [6.45, 7) is 4.02. The molecule has 2 atom stereocenters. The zero-order valence-corrected chi connectivity index (χ0v) is 16.8. The fourth-order valence-corrected chi connectivity index (χ4v) is 4.57. The van der Waals surface area contributed by atoms with Crippen molar-refractivity contribution in [2.24, 2.45) is 5.92 Å². The number of carbonyl (C=O) groups excluding carboxylic acids is 1. The van der Waals surface area contributed by atoms with Gasteiger partial charge in [-0.3, -0.25) is 4.79 Å². The largest absolute Gasteiger partial charge is 0.497 e. The second-order valence-electron chi connectivity index (χ2n) is 7.77. The first-order chi connectivity index (χ1) is 13.5. The van der Waals surface area contributed by atoms with E-state index in [4.69, 9.17) is 14.2 Å². The van der Waals surface area contributed by atoms with E-state index in [9.17, 15) is 4.79 Å². The van der Waals surface area contributed by atoms with Crippen LogP contribution in [0.2, 0.25) is 0 Å². The highest BCUT2D eigenvalue weighted by Gasteiger charge is 2.63. The molecule has 2 aromatic rings. The summed E-state index contributed by atoms with van der Waals surface area (Å²) in [4.78, 5) is 13.1.